The molecule has 0 unspecified atom stereocenters. The lowest BCUT2D eigenvalue weighted by Crippen LogP contribution is -2.51. The highest BCUT2D eigenvalue weighted by Crippen LogP contribution is 2.22. The highest BCUT2D eigenvalue weighted by Gasteiger charge is 2.24. The maximum atomic E-state index is 12.4. The number of carbonyl (C=O) groups is 3. The van der Waals surface area contributed by atoms with Gasteiger partial charge in [0.1, 0.15) is 12.1 Å². The monoisotopic (exact) mass is 405 g/mol. The van der Waals surface area contributed by atoms with Gasteiger partial charge in [0, 0.05) is 11.8 Å². The van der Waals surface area contributed by atoms with Crippen LogP contribution in [-0.4, -0.2) is 35.1 Å². The van der Waals surface area contributed by atoms with Crippen molar-refractivity contribution in [1.29, 1.82) is 0 Å². The molecular weight excluding hydrogens is 382 g/mol. The normalized spacial score (nSPS) is 12.6. The number of nitrogens with one attached hydrogen (secondary N) is 3. The van der Waals surface area contributed by atoms with Gasteiger partial charge in [-0.2, -0.15) is 0 Å². The molecule has 0 aliphatic rings. The standard InChI is InChI=1S/C23H23N3O4/c1-15(21(27)25-20(22(28)29)14-16-8-3-2-4-9-16)24-23(30)26-19-13-7-11-17-10-5-6-12-18(17)19/h2-13,15,20H,14H2,1H3,(H,25,27)(H,28,29)(H2,24,26,30)/t15-,20+/m0/s1. The van der Waals surface area contributed by atoms with E-state index in [0.29, 0.717) is 5.69 Å². The van der Waals surface area contributed by atoms with Gasteiger partial charge in [0.05, 0.1) is 5.69 Å². The molecular formula is C23H23N3O4. The Labute approximate surface area is 174 Å². The van der Waals surface area contributed by atoms with E-state index < -0.39 is 30.0 Å². The minimum Gasteiger partial charge on any atom is -0.480 e. The largest absolute Gasteiger partial charge is 0.480 e. The second-order valence-corrected chi connectivity index (χ2v) is 6.94. The molecule has 0 saturated carbocycles. The molecule has 0 heterocycles. The van der Waals surface area contributed by atoms with Crippen molar-refractivity contribution in [3.05, 3.63) is 78.4 Å². The van der Waals surface area contributed by atoms with Gasteiger partial charge in [-0.25, -0.2) is 9.59 Å². The molecule has 0 saturated heterocycles. The van der Waals surface area contributed by atoms with Gasteiger partial charge in [0.2, 0.25) is 5.91 Å². The Morgan fingerprint density at radius 3 is 2.27 bits per heavy atom. The maximum Gasteiger partial charge on any atom is 0.326 e. The summed E-state index contributed by atoms with van der Waals surface area (Å²) in [5.74, 6) is -1.72. The van der Waals surface area contributed by atoms with E-state index in [-0.39, 0.29) is 6.42 Å². The molecule has 3 amide bonds. The minimum atomic E-state index is -1.14. The molecule has 0 fully saturated rings. The number of anilines is 1. The number of carboxylic acid groups (broad SMARTS) is 1. The van der Waals surface area contributed by atoms with Crippen LogP contribution in [-0.2, 0) is 16.0 Å². The number of benzene rings is 3. The van der Waals surface area contributed by atoms with E-state index in [0.717, 1.165) is 16.3 Å². The summed E-state index contributed by atoms with van der Waals surface area (Å²) in [4.78, 5) is 36.3. The average molecular weight is 405 g/mol. The molecule has 3 aromatic rings. The van der Waals surface area contributed by atoms with E-state index in [1.807, 2.05) is 42.5 Å². The fourth-order valence-electron chi connectivity index (χ4n) is 3.10. The fraction of sp³-hybridized carbons (Fsp3) is 0.174. The molecule has 3 rings (SSSR count). The molecule has 0 aromatic heterocycles. The molecule has 0 radical (unpaired) electrons. The van der Waals surface area contributed by atoms with Crippen molar-refractivity contribution in [2.24, 2.45) is 0 Å². The Morgan fingerprint density at radius 1 is 0.867 bits per heavy atom. The molecule has 0 spiro atoms. The van der Waals surface area contributed by atoms with Crippen LogP contribution < -0.4 is 16.0 Å². The van der Waals surface area contributed by atoms with Crippen LogP contribution in [0.15, 0.2) is 72.8 Å². The number of hydrogen-bond acceptors (Lipinski definition) is 3. The van der Waals surface area contributed by atoms with Gasteiger partial charge >= 0.3 is 12.0 Å². The lowest BCUT2D eigenvalue weighted by molar-refractivity contribution is -0.142. The van der Waals surface area contributed by atoms with Gasteiger partial charge in [-0.1, -0.05) is 66.7 Å². The highest BCUT2D eigenvalue weighted by molar-refractivity contribution is 6.02. The summed E-state index contributed by atoms with van der Waals surface area (Å²) in [5, 5.41) is 19.1. The van der Waals surface area contributed by atoms with Crippen LogP contribution >= 0.6 is 0 Å². The Hall–Kier alpha value is -3.87. The van der Waals surface area contributed by atoms with Crippen LogP contribution in [0.2, 0.25) is 0 Å². The van der Waals surface area contributed by atoms with Crippen molar-refractivity contribution in [1.82, 2.24) is 10.6 Å². The smallest absolute Gasteiger partial charge is 0.326 e. The van der Waals surface area contributed by atoms with Crippen LogP contribution in [0.5, 0.6) is 0 Å². The molecule has 4 N–H and O–H groups in total. The number of hydrogen-bond donors (Lipinski definition) is 4. The van der Waals surface area contributed by atoms with E-state index in [9.17, 15) is 19.5 Å². The first-order valence-corrected chi connectivity index (χ1v) is 9.56. The van der Waals surface area contributed by atoms with Gasteiger partial charge in [-0.05, 0) is 23.9 Å². The number of urea groups is 1. The van der Waals surface area contributed by atoms with Crippen LogP contribution in [0.25, 0.3) is 10.8 Å². The van der Waals surface area contributed by atoms with E-state index in [4.69, 9.17) is 0 Å². The summed E-state index contributed by atoms with van der Waals surface area (Å²) in [6.07, 6.45) is 0.150. The molecule has 3 aromatic carbocycles. The van der Waals surface area contributed by atoms with Crippen molar-refractivity contribution < 1.29 is 19.5 Å². The first kappa shape index (κ1) is 20.9. The molecule has 0 aliphatic heterocycles. The van der Waals surface area contributed by atoms with E-state index in [1.165, 1.54) is 6.92 Å². The lowest BCUT2D eigenvalue weighted by Gasteiger charge is -2.19. The Bertz CT molecular complexity index is 1050. The number of carbonyl (C=O) groups excluding carboxylic acids is 2. The fourth-order valence-corrected chi connectivity index (χ4v) is 3.10. The van der Waals surface area contributed by atoms with Crippen molar-refractivity contribution in [3.63, 3.8) is 0 Å². The Morgan fingerprint density at radius 2 is 1.53 bits per heavy atom. The third-order valence-corrected chi connectivity index (χ3v) is 4.68. The number of fused-ring (bicyclic) bond motifs is 1. The summed E-state index contributed by atoms with van der Waals surface area (Å²) in [6.45, 7) is 1.50. The maximum absolute atomic E-state index is 12.4. The van der Waals surface area contributed by atoms with Crippen LogP contribution in [0.4, 0.5) is 10.5 Å². The first-order valence-electron chi connectivity index (χ1n) is 9.56. The molecule has 2 atom stereocenters. The quantitative estimate of drug-likeness (QED) is 0.484. The molecule has 30 heavy (non-hydrogen) atoms. The number of amides is 3. The lowest BCUT2D eigenvalue weighted by atomic mass is 10.1. The van der Waals surface area contributed by atoms with Crippen molar-refractivity contribution in [2.45, 2.75) is 25.4 Å². The van der Waals surface area contributed by atoms with Crippen LogP contribution in [0.1, 0.15) is 12.5 Å². The van der Waals surface area contributed by atoms with Crippen molar-refractivity contribution >= 4 is 34.4 Å². The molecule has 0 aliphatic carbocycles. The number of rotatable bonds is 7. The molecule has 7 nitrogen and oxygen atoms in total. The van der Waals surface area contributed by atoms with Crippen molar-refractivity contribution in [2.75, 3.05) is 5.32 Å². The van der Waals surface area contributed by atoms with Crippen molar-refractivity contribution in [3.8, 4) is 0 Å². The summed E-state index contributed by atoms with van der Waals surface area (Å²) in [5.41, 5.74) is 1.41. The zero-order valence-electron chi connectivity index (χ0n) is 16.5. The highest BCUT2D eigenvalue weighted by atomic mass is 16.4. The summed E-state index contributed by atoms with van der Waals surface area (Å²) < 4.78 is 0. The van der Waals surface area contributed by atoms with Gasteiger partial charge in [-0.3, -0.25) is 4.79 Å². The molecule has 154 valence electrons. The SMILES string of the molecule is C[C@H](NC(=O)Nc1cccc2ccccc12)C(=O)N[C@H](Cc1ccccc1)C(=O)O. The summed E-state index contributed by atoms with van der Waals surface area (Å²) in [7, 11) is 0. The average Bonchev–Trinajstić information content (AvgIpc) is 2.74. The predicted molar refractivity (Wildman–Crippen MR) is 115 cm³/mol. The summed E-state index contributed by atoms with van der Waals surface area (Å²) in [6, 6.07) is 19.6. The second kappa shape index (κ2) is 9.56. The zero-order chi connectivity index (χ0) is 21.5. The second-order valence-electron chi connectivity index (χ2n) is 6.94. The van der Waals surface area contributed by atoms with E-state index >= 15 is 0 Å². The third-order valence-electron chi connectivity index (χ3n) is 4.68. The third kappa shape index (κ3) is 5.35. The summed E-state index contributed by atoms with van der Waals surface area (Å²) >= 11 is 0. The molecule has 7 heteroatoms. The van der Waals surface area contributed by atoms with Crippen LogP contribution in [0.3, 0.4) is 0 Å². The first-order chi connectivity index (χ1) is 14.4. The zero-order valence-corrected chi connectivity index (χ0v) is 16.5. The Kier molecular flexibility index (Phi) is 6.64. The predicted octanol–water partition coefficient (Wildman–Crippen LogP) is 3.16. The van der Waals surface area contributed by atoms with Gasteiger partial charge in [0.25, 0.3) is 0 Å². The van der Waals surface area contributed by atoms with Crippen LogP contribution in [0, 0.1) is 0 Å². The topological polar surface area (TPSA) is 108 Å². The molecule has 0 bridgehead atoms. The van der Waals surface area contributed by atoms with Gasteiger partial charge in [0.15, 0.2) is 0 Å². The Balaban J connectivity index is 1.60. The van der Waals surface area contributed by atoms with Gasteiger partial charge < -0.3 is 21.1 Å². The number of aliphatic carboxylic acids is 1. The van der Waals surface area contributed by atoms with E-state index in [2.05, 4.69) is 16.0 Å². The van der Waals surface area contributed by atoms with Gasteiger partial charge in [-0.15, -0.1) is 0 Å². The van der Waals surface area contributed by atoms with E-state index in [1.54, 1.807) is 30.3 Å². The minimum absolute atomic E-state index is 0.150. The number of carboxylic acids is 1.